The van der Waals surface area contributed by atoms with Crippen molar-refractivity contribution in [3.05, 3.63) is 108 Å². The third-order valence-electron chi connectivity index (χ3n) is 6.12. The monoisotopic (exact) mass is 600 g/mol. The summed E-state index contributed by atoms with van der Waals surface area (Å²) in [6, 6.07) is 24.5. The summed E-state index contributed by atoms with van der Waals surface area (Å²) >= 11 is 20.1. The zero-order chi connectivity index (χ0) is 22.7. The molecule has 0 unspecified atom stereocenters. The molecule has 0 saturated carbocycles. The smallest absolute Gasteiger partial charge is 0.215 e. The molecule has 4 aromatic rings. The molecule has 2 atom stereocenters. The van der Waals surface area contributed by atoms with Gasteiger partial charge in [0.25, 0.3) is 0 Å². The van der Waals surface area contributed by atoms with E-state index in [1.807, 2.05) is 23.2 Å². The zero-order valence-corrected chi connectivity index (χ0v) is 21.8. The van der Waals surface area contributed by atoms with Crippen molar-refractivity contribution in [2.75, 3.05) is 0 Å². The van der Waals surface area contributed by atoms with Gasteiger partial charge in [0.05, 0.1) is 21.2 Å². The Morgan fingerprint density at radius 3 is 2.52 bits per heavy atom. The lowest BCUT2D eigenvalue weighted by Gasteiger charge is -2.39. The molecule has 2 heterocycles. The fourth-order valence-corrected chi connectivity index (χ4v) is 6.42. The maximum Gasteiger partial charge on any atom is 0.215 e. The van der Waals surface area contributed by atoms with Crippen molar-refractivity contribution in [1.29, 1.82) is 0 Å². The van der Waals surface area contributed by atoms with Crippen molar-refractivity contribution >= 4 is 71.5 Å². The van der Waals surface area contributed by atoms with Gasteiger partial charge in [-0.3, -0.25) is 0 Å². The van der Waals surface area contributed by atoms with Crippen molar-refractivity contribution in [3.63, 3.8) is 0 Å². The van der Waals surface area contributed by atoms with Crippen molar-refractivity contribution < 1.29 is 4.74 Å². The number of hydrogen-bond acceptors (Lipinski definition) is 3. The predicted molar refractivity (Wildman–Crippen MR) is 141 cm³/mol. The van der Waals surface area contributed by atoms with Gasteiger partial charge in [0, 0.05) is 27.0 Å². The van der Waals surface area contributed by atoms with Crippen LogP contribution in [0.25, 0.3) is 10.8 Å². The molecule has 0 amide bonds. The SMILES string of the molecule is Clc1ccc([C@H]2Oc3c(Br)cc(Br)cc3[C@@H]3CC(c4ccc5ccccc5c4)=NN23)c(Cl)c1. The highest BCUT2D eigenvalue weighted by Crippen LogP contribution is 2.51. The van der Waals surface area contributed by atoms with Crippen molar-refractivity contribution in [2.45, 2.75) is 18.7 Å². The summed E-state index contributed by atoms with van der Waals surface area (Å²) in [5.74, 6) is 0.811. The molecule has 0 spiro atoms. The minimum atomic E-state index is -0.470. The fourth-order valence-electron chi connectivity index (χ4n) is 4.56. The number of hydrazone groups is 1. The maximum atomic E-state index is 6.61. The fraction of sp³-hybridized carbons (Fsp3) is 0.115. The first-order chi connectivity index (χ1) is 16.0. The van der Waals surface area contributed by atoms with Gasteiger partial charge in [0.15, 0.2) is 0 Å². The molecule has 0 aromatic heterocycles. The van der Waals surface area contributed by atoms with Gasteiger partial charge < -0.3 is 4.74 Å². The molecule has 0 saturated heterocycles. The predicted octanol–water partition coefficient (Wildman–Crippen LogP) is 8.91. The van der Waals surface area contributed by atoms with Crippen LogP contribution in [-0.4, -0.2) is 10.7 Å². The number of halogens is 4. The Morgan fingerprint density at radius 1 is 0.879 bits per heavy atom. The van der Waals surface area contributed by atoms with E-state index in [1.54, 1.807) is 6.07 Å². The molecule has 0 bridgehead atoms. The van der Waals surface area contributed by atoms with Crippen LogP contribution in [0, 0.1) is 0 Å². The number of benzene rings is 4. The molecule has 0 aliphatic carbocycles. The van der Waals surface area contributed by atoms with Gasteiger partial charge in [-0.2, -0.15) is 5.10 Å². The first kappa shape index (κ1) is 21.5. The van der Waals surface area contributed by atoms with Gasteiger partial charge in [-0.05, 0) is 62.6 Å². The number of rotatable bonds is 2. The second kappa shape index (κ2) is 8.31. The molecule has 7 heteroatoms. The van der Waals surface area contributed by atoms with E-state index in [2.05, 4.69) is 80.4 Å². The van der Waals surface area contributed by atoms with E-state index in [-0.39, 0.29) is 6.04 Å². The highest BCUT2D eigenvalue weighted by Gasteiger charge is 2.42. The lowest BCUT2D eigenvalue weighted by Crippen LogP contribution is -2.34. The molecule has 2 aliphatic rings. The van der Waals surface area contributed by atoms with E-state index in [4.69, 9.17) is 33.0 Å². The molecule has 3 nitrogen and oxygen atoms in total. The van der Waals surface area contributed by atoms with E-state index in [1.165, 1.54) is 10.8 Å². The zero-order valence-electron chi connectivity index (χ0n) is 17.1. The third-order valence-corrected chi connectivity index (χ3v) is 7.73. The van der Waals surface area contributed by atoms with Gasteiger partial charge in [-0.15, -0.1) is 0 Å². The summed E-state index contributed by atoms with van der Waals surface area (Å²) in [4.78, 5) is 0. The van der Waals surface area contributed by atoms with Gasteiger partial charge >= 0.3 is 0 Å². The normalized spacial score (nSPS) is 19.2. The third kappa shape index (κ3) is 3.75. The molecule has 164 valence electrons. The second-order valence-electron chi connectivity index (χ2n) is 8.15. The quantitative estimate of drug-likeness (QED) is 0.229. The maximum absolute atomic E-state index is 6.61. The average Bonchev–Trinajstić information content (AvgIpc) is 3.25. The molecule has 4 aromatic carbocycles. The Hall–Kier alpha value is -2.05. The van der Waals surface area contributed by atoms with Crippen molar-refractivity contribution in [1.82, 2.24) is 5.01 Å². The van der Waals surface area contributed by atoms with Crippen LogP contribution in [0.1, 0.15) is 35.4 Å². The van der Waals surface area contributed by atoms with Crippen molar-refractivity contribution in [2.24, 2.45) is 5.10 Å². The largest absolute Gasteiger partial charge is 0.463 e. The lowest BCUT2D eigenvalue weighted by molar-refractivity contribution is -0.0196. The molecule has 2 aliphatic heterocycles. The molecule has 33 heavy (non-hydrogen) atoms. The Kier molecular flexibility index (Phi) is 5.41. The van der Waals surface area contributed by atoms with Crippen LogP contribution in [0.4, 0.5) is 0 Å². The molecular formula is C26H16Br2Cl2N2O. The number of ether oxygens (including phenoxy) is 1. The lowest BCUT2D eigenvalue weighted by atomic mass is 9.95. The van der Waals surface area contributed by atoms with Crippen molar-refractivity contribution in [3.8, 4) is 5.75 Å². The van der Waals surface area contributed by atoms with Crippen LogP contribution in [0.5, 0.6) is 5.75 Å². The summed E-state index contributed by atoms with van der Waals surface area (Å²) in [6.07, 6.45) is 0.293. The minimum absolute atomic E-state index is 0.0146. The van der Waals surface area contributed by atoms with Crippen LogP contribution in [0.2, 0.25) is 10.0 Å². The average molecular weight is 603 g/mol. The first-order valence-corrected chi connectivity index (χ1v) is 12.8. The number of fused-ring (bicyclic) bond motifs is 4. The molecular weight excluding hydrogens is 587 g/mol. The van der Waals surface area contributed by atoms with E-state index >= 15 is 0 Å². The van der Waals surface area contributed by atoms with Gasteiger partial charge in [-0.1, -0.05) is 81.6 Å². The van der Waals surface area contributed by atoms with Gasteiger partial charge in [0.2, 0.25) is 6.23 Å². The van der Waals surface area contributed by atoms with Crippen LogP contribution < -0.4 is 4.74 Å². The van der Waals surface area contributed by atoms with Crippen LogP contribution in [-0.2, 0) is 0 Å². The minimum Gasteiger partial charge on any atom is -0.463 e. The van der Waals surface area contributed by atoms with Gasteiger partial charge in [-0.25, -0.2) is 5.01 Å². The molecule has 6 rings (SSSR count). The van der Waals surface area contributed by atoms with E-state index in [0.29, 0.717) is 10.0 Å². The molecule has 0 N–H and O–H groups in total. The highest BCUT2D eigenvalue weighted by molar-refractivity contribution is 9.11. The van der Waals surface area contributed by atoms with Crippen LogP contribution in [0.3, 0.4) is 0 Å². The summed E-state index contributed by atoms with van der Waals surface area (Å²) in [7, 11) is 0. The summed E-state index contributed by atoms with van der Waals surface area (Å²) in [6.45, 7) is 0. The Morgan fingerprint density at radius 2 is 1.70 bits per heavy atom. The second-order valence-corrected chi connectivity index (χ2v) is 10.8. The van der Waals surface area contributed by atoms with Crippen LogP contribution in [0.15, 0.2) is 86.8 Å². The Labute approximate surface area is 218 Å². The Bertz CT molecular complexity index is 1460. The Balaban J connectivity index is 1.49. The molecule has 0 fully saturated rings. The van der Waals surface area contributed by atoms with Gasteiger partial charge in [0.1, 0.15) is 5.75 Å². The standard InChI is InChI=1S/C26H16Br2Cl2N2O/c27-17-10-20-24-13-23(16-6-5-14-3-1-2-4-15(14)9-16)31-32(24)26(33-25(20)21(28)11-17)19-8-7-18(29)12-22(19)30/h1-12,24,26H,13H2/t24-,26+/m0/s1. The summed E-state index contributed by atoms with van der Waals surface area (Å²) in [5.41, 5.74) is 4.04. The summed E-state index contributed by atoms with van der Waals surface area (Å²) in [5, 5.41) is 10.6. The highest BCUT2D eigenvalue weighted by atomic mass is 79.9. The van der Waals surface area contributed by atoms with Crippen LogP contribution >= 0.6 is 55.1 Å². The summed E-state index contributed by atoms with van der Waals surface area (Å²) < 4.78 is 8.39. The number of hydrogen-bond donors (Lipinski definition) is 0. The van der Waals surface area contributed by atoms with E-state index in [0.717, 1.165) is 43.5 Å². The van der Waals surface area contributed by atoms with E-state index < -0.39 is 6.23 Å². The van der Waals surface area contributed by atoms with E-state index in [9.17, 15) is 0 Å². The first-order valence-electron chi connectivity index (χ1n) is 10.4. The molecule has 0 radical (unpaired) electrons. The number of nitrogens with zero attached hydrogens (tertiary/aromatic N) is 2. The topological polar surface area (TPSA) is 24.8 Å².